The van der Waals surface area contributed by atoms with Gasteiger partial charge < -0.3 is 5.11 Å². The molecule has 0 fully saturated rings. The summed E-state index contributed by atoms with van der Waals surface area (Å²) in [5, 5.41) is 19.0. The predicted octanol–water partition coefficient (Wildman–Crippen LogP) is 1.84. The third kappa shape index (κ3) is 2.71. The molecule has 2 aromatic heterocycles. The van der Waals surface area contributed by atoms with Crippen LogP contribution in [0.2, 0.25) is 0 Å². The Morgan fingerprint density at radius 1 is 1.26 bits per heavy atom. The molecule has 1 N–H and O–H groups in total. The highest BCUT2D eigenvalue weighted by Gasteiger charge is 2.19. The molecule has 0 amide bonds. The Morgan fingerprint density at radius 3 is 2.47 bits per heavy atom. The Labute approximate surface area is 113 Å². The van der Waals surface area contributed by atoms with Crippen molar-refractivity contribution < 1.29 is 5.11 Å². The van der Waals surface area contributed by atoms with Crippen molar-refractivity contribution in [3.63, 3.8) is 0 Å². The van der Waals surface area contributed by atoms with E-state index >= 15 is 0 Å². The van der Waals surface area contributed by atoms with Crippen LogP contribution in [0.5, 0.6) is 0 Å². The molecule has 0 radical (unpaired) electrons. The average molecular weight is 262 g/mol. The molecule has 104 valence electrons. The van der Waals surface area contributed by atoms with Crippen molar-refractivity contribution in [2.24, 2.45) is 7.05 Å². The van der Waals surface area contributed by atoms with E-state index in [2.05, 4.69) is 24.0 Å². The summed E-state index contributed by atoms with van der Waals surface area (Å²) in [5.41, 5.74) is 4.07. The summed E-state index contributed by atoms with van der Waals surface area (Å²) in [6.07, 6.45) is 3.16. The van der Waals surface area contributed by atoms with Gasteiger partial charge in [-0.2, -0.15) is 10.2 Å². The van der Waals surface area contributed by atoms with Crippen LogP contribution < -0.4 is 0 Å². The maximum atomic E-state index is 9.96. The van der Waals surface area contributed by atoms with Crippen LogP contribution in [0, 0.1) is 0 Å². The molecule has 1 unspecified atom stereocenters. The van der Waals surface area contributed by atoms with Gasteiger partial charge in [0.15, 0.2) is 0 Å². The number of nitrogens with zero attached hydrogens (tertiary/aromatic N) is 4. The zero-order valence-corrected chi connectivity index (χ0v) is 12.1. The second-order valence-corrected chi connectivity index (χ2v) is 4.83. The molecule has 0 bridgehead atoms. The van der Waals surface area contributed by atoms with Gasteiger partial charge in [0.1, 0.15) is 0 Å². The quantitative estimate of drug-likeness (QED) is 0.894. The average Bonchev–Trinajstić information content (AvgIpc) is 2.93. The van der Waals surface area contributed by atoms with Crippen LogP contribution in [0.15, 0.2) is 12.3 Å². The Kier molecular flexibility index (Phi) is 4.04. The van der Waals surface area contributed by atoms with Gasteiger partial charge in [0.05, 0.1) is 24.0 Å². The summed E-state index contributed by atoms with van der Waals surface area (Å²) >= 11 is 0. The van der Waals surface area contributed by atoms with Crippen LogP contribution in [0.4, 0.5) is 0 Å². The SMILES string of the molecule is CCc1nn(Cc2ccn(C)n2)c(CC)c1C(C)O. The molecule has 2 heterocycles. The van der Waals surface area contributed by atoms with E-state index in [1.54, 1.807) is 11.6 Å². The lowest BCUT2D eigenvalue weighted by molar-refractivity contribution is 0.197. The molecule has 19 heavy (non-hydrogen) atoms. The molecular weight excluding hydrogens is 240 g/mol. The standard InChI is InChI=1S/C14H22N4O/c1-5-12-14(10(3)19)13(6-2)18(16-12)9-11-7-8-17(4)15-11/h7-8,10,19H,5-6,9H2,1-4H3. The first-order valence-electron chi connectivity index (χ1n) is 6.81. The fourth-order valence-corrected chi connectivity index (χ4v) is 2.51. The fraction of sp³-hybridized carbons (Fsp3) is 0.571. The lowest BCUT2D eigenvalue weighted by atomic mass is 10.0. The first-order chi connectivity index (χ1) is 9.06. The molecular formula is C14H22N4O. The first kappa shape index (κ1) is 13.8. The van der Waals surface area contributed by atoms with Crippen LogP contribution in [0.1, 0.15) is 49.5 Å². The van der Waals surface area contributed by atoms with Gasteiger partial charge in [-0.1, -0.05) is 13.8 Å². The summed E-state index contributed by atoms with van der Waals surface area (Å²) in [6.45, 7) is 6.63. The second-order valence-electron chi connectivity index (χ2n) is 4.83. The van der Waals surface area contributed by atoms with Gasteiger partial charge in [-0.15, -0.1) is 0 Å². The third-order valence-electron chi connectivity index (χ3n) is 3.34. The molecule has 0 saturated carbocycles. The van der Waals surface area contributed by atoms with E-state index in [1.807, 2.05) is 24.0 Å². The van der Waals surface area contributed by atoms with Crippen LogP contribution in [-0.2, 0) is 26.4 Å². The zero-order valence-electron chi connectivity index (χ0n) is 12.1. The summed E-state index contributed by atoms with van der Waals surface area (Å²) in [7, 11) is 1.91. The Hall–Kier alpha value is -1.62. The van der Waals surface area contributed by atoms with Gasteiger partial charge >= 0.3 is 0 Å². The number of aromatic nitrogens is 4. The van der Waals surface area contributed by atoms with Crippen LogP contribution in [0.3, 0.4) is 0 Å². The number of hydrogen-bond donors (Lipinski definition) is 1. The van der Waals surface area contributed by atoms with Gasteiger partial charge in [-0.25, -0.2) is 0 Å². The van der Waals surface area contributed by atoms with Gasteiger partial charge in [0, 0.05) is 24.5 Å². The topological polar surface area (TPSA) is 55.9 Å². The highest BCUT2D eigenvalue weighted by Crippen LogP contribution is 2.24. The van der Waals surface area contributed by atoms with Crippen molar-refractivity contribution in [3.8, 4) is 0 Å². The minimum absolute atomic E-state index is 0.470. The Morgan fingerprint density at radius 2 is 2.00 bits per heavy atom. The van der Waals surface area contributed by atoms with E-state index in [0.717, 1.165) is 35.5 Å². The molecule has 5 nitrogen and oxygen atoms in total. The molecule has 0 aliphatic rings. The Bertz CT molecular complexity index is 554. The van der Waals surface area contributed by atoms with Crippen molar-refractivity contribution in [2.45, 2.75) is 46.3 Å². The lowest BCUT2D eigenvalue weighted by Gasteiger charge is -2.08. The number of aryl methyl sites for hydroxylation is 2. The van der Waals surface area contributed by atoms with Crippen LogP contribution in [-0.4, -0.2) is 24.7 Å². The van der Waals surface area contributed by atoms with E-state index in [0.29, 0.717) is 6.54 Å². The van der Waals surface area contributed by atoms with E-state index in [9.17, 15) is 5.11 Å². The summed E-state index contributed by atoms with van der Waals surface area (Å²) in [5.74, 6) is 0. The van der Waals surface area contributed by atoms with Gasteiger partial charge in [-0.05, 0) is 25.8 Å². The molecule has 0 aliphatic heterocycles. The van der Waals surface area contributed by atoms with Crippen LogP contribution in [0.25, 0.3) is 0 Å². The van der Waals surface area contributed by atoms with Crippen molar-refractivity contribution in [1.82, 2.24) is 19.6 Å². The number of rotatable bonds is 5. The third-order valence-corrected chi connectivity index (χ3v) is 3.34. The minimum Gasteiger partial charge on any atom is -0.389 e. The second kappa shape index (κ2) is 5.57. The van der Waals surface area contributed by atoms with Gasteiger partial charge in [0.25, 0.3) is 0 Å². The van der Waals surface area contributed by atoms with E-state index in [-0.39, 0.29) is 0 Å². The van der Waals surface area contributed by atoms with Crippen LogP contribution >= 0.6 is 0 Å². The molecule has 0 saturated heterocycles. The lowest BCUT2D eigenvalue weighted by Crippen LogP contribution is -2.08. The van der Waals surface area contributed by atoms with E-state index in [1.165, 1.54) is 0 Å². The minimum atomic E-state index is -0.470. The maximum Gasteiger partial charge on any atom is 0.0853 e. The van der Waals surface area contributed by atoms with Gasteiger partial charge in [0.2, 0.25) is 0 Å². The highest BCUT2D eigenvalue weighted by atomic mass is 16.3. The monoisotopic (exact) mass is 262 g/mol. The first-order valence-corrected chi connectivity index (χ1v) is 6.81. The highest BCUT2D eigenvalue weighted by molar-refractivity contribution is 5.29. The van der Waals surface area contributed by atoms with Crippen molar-refractivity contribution >= 4 is 0 Å². The number of hydrogen-bond acceptors (Lipinski definition) is 3. The summed E-state index contributed by atoms with van der Waals surface area (Å²) in [6, 6.07) is 1.99. The molecule has 0 aliphatic carbocycles. The van der Waals surface area contributed by atoms with Crippen molar-refractivity contribution in [3.05, 3.63) is 34.9 Å². The molecule has 1 atom stereocenters. The molecule has 5 heteroatoms. The number of aliphatic hydroxyl groups excluding tert-OH is 1. The predicted molar refractivity (Wildman–Crippen MR) is 73.9 cm³/mol. The summed E-state index contributed by atoms with van der Waals surface area (Å²) < 4.78 is 3.77. The Balaban J connectivity index is 2.39. The molecule has 2 aromatic rings. The number of aliphatic hydroxyl groups is 1. The zero-order chi connectivity index (χ0) is 14.0. The largest absolute Gasteiger partial charge is 0.389 e. The van der Waals surface area contributed by atoms with E-state index in [4.69, 9.17) is 0 Å². The van der Waals surface area contributed by atoms with Crippen molar-refractivity contribution in [1.29, 1.82) is 0 Å². The summed E-state index contributed by atoms with van der Waals surface area (Å²) in [4.78, 5) is 0. The maximum absolute atomic E-state index is 9.96. The van der Waals surface area contributed by atoms with Gasteiger partial charge in [-0.3, -0.25) is 9.36 Å². The molecule has 0 spiro atoms. The smallest absolute Gasteiger partial charge is 0.0853 e. The fourth-order valence-electron chi connectivity index (χ4n) is 2.51. The molecule has 0 aromatic carbocycles. The van der Waals surface area contributed by atoms with E-state index < -0.39 is 6.10 Å². The normalized spacial score (nSPS) is 12.9. The molecule has 2 rings (SSSR count). The van der Waals surface area contributed by atoms with Crippen molar-refractivity contribution in [2.75, 3.05) is 0 Å².